The number of benzene rings is 2. The van der Waals surface area contributed by atoms with Crippen LogP contribution < -0.4 is 4.90 Å². The first-order chi connectivity index (χ1) is 15.2. The van der Waals surface area contributed by atoms with E-state index in [0.29, 0.717) is 39.1 Å². The monoisotopic (exact) mass is 436 g/mol. The fourth-order valence-electron chi connectivity index (χ4n) is 3.83. The van der Waals surface area contributed by atoms with Crippen molar-refractivity contribution in [2.24, 2.45) is 0 Å². The van der Waals surface area contributed by atoms with Crippen molar-refractivity contribution in [3.05, 3.63) is 77.1 Å². The van der Waals surface area contributed by atoms with Gasteiger partial charge in [-0.3, -0.25) is 4.79 Å². The van der Waals surface area contributed by atoms with Crippen molar-refractivity contribution in [2.45, 2.75) is 25.8 Å². The smallest absolute Gasteiger partial charge is 0.224 e. The van der Waals surface area contributed by atoms with Gasteiger partial charge in [0.25, 0.3) is 0 Å². The number of methoxy groups -OCH3 is 1. The van der Waals surface area contributed by atoms with Crippen LogP contribution >= 0.6 is 11.5 Å². The molecular weight excluding hydrogens is 408 g/mol. The van der Waals surface area contributed by atoms with E-state index in [-0.39, 0.29) is 5.91 Å². The second-order valence-corrected chi connectivity index (χ2v) is 8.45. The lowest BCUT2D eigenvalue weighted by Gasteiger charge is -2.30. The van der Waals surface area contributed by atoms with Crippen LogP contribution in [0.2, 0.25) is 0 Å². The predicted octanol–water partition coefficient (Wildman–Crippen LogP) is 3.56. The highest BCUT2D eigenvalue weighted by atomic mass is 32.1. The molecule has 7 heteroatoms. The van der Waals surface area contributed by atoms with E-state index in [0.717, 1.165) is 23.9 Å². The van der Waals surface area contributed by atoms with Crippen LogP contribution in [0, 0.1) is 0 Å². The van der Waals surface area contributed by atoms with Gasteiger partial charge in [-0.1, -0.05) is 54.6 Å². The highest BCUT2D eigenvalue weighted by Gasteiger charge is 2.21. The summed E-state index contributed by atoms with van der Waals surface area (Å²) in [5, 5.41) is 0.847. The van der Waals surface area contributed by atoms with Crippen LogP contribution in [0.4, 0.5) is 5.13 Å². The third kappa shape index (κ3) is 5.68. The van der Waals surface area contributed by atoms with Crippen molar-refractivity contribution in [3.63, 3.8) is 0 Å². The summed E-state index contributed by atoms with van der Waals surface area (Å²) in [6.07, 6.45) is 2.09. The Kier molecular flexibility index (Phi) is 7.27. The Morgan fingerprint density at radius 3 is 2.68 bits per heavy atom. The number of ether oxygens (including phenoxy) is 1. The van der Waals surface area contributed by atoms with Crippen LogP contribution in [0.5, 0.6) is 0 Å². The Morgan fingerprint density at radius 1 is 1.10 bits per heavy atom. The summed E-state index contributed by atoms with van der Waals surface area (Å²) in [5.41, 5.74) is 3.80. The van der Waals surface area contributed by atoms with Gasteiger partial charge in [0.05, 0.1) is 6.61 Å². The number of anilines is 1. The van der Waals surface area contributed by atoms with Gasteiger partial charge >= 0.3 is 0 Å². The number of carbonyl (C=O) groups is 1. The number of rotatable bonds is 9. The molecule has 6 nitrogen and oxygen atoms in total. The molecule has 0 atom stereocenters. The topological polar surface area (TPSA) is 58.6 Å². The number of amides is 1. The van der Waals surface area contributed by atoms with E-state index in [2.05, 4.69) is 39.6 Å². The van der Waals surface area contributed by atoms with Crippen molar-refractivity contribution in [2.75, 3.05) is 38.3 Å². The van der Waals surface area contributed by atoms with Crippen molar-refractivity contribution in [1.29, 1.82) is 0 Å². The summed E-state index contributed by atoms with van der Waals surface area (Å²) in [6.45, 7) is 3.37. The van der Waals surface area contributed by atoms with Crippen molar-refractivity contribution in [3.8, 4) is 0 Å². The molecular formula is C24H28N4O2S. The molecule has 0 bridgehead atoms. The maximum atomic E-state index is 12.9. The van der Waals surface area contributed by atoms with Crippen LogP contribution in [-0.2, 0) is 28.9 Å². The van der Waals surface area contributed by atoms with Gasteiger partial charge in [-0.25, -0.2) is 4.98 Å². The molecule has 0 N–H and O–H groups in total. The van der Waals surface area contributed by atoms with Gasteiger partial charge in [0.2, 0.25) is 11.0 Å². The third-order valence-electron chi connectivity index (χ3n) is 5.58. The van der Waals surface area contributed by atoms with Gasteiger partial charge in [0.1, 0.15) is 5.82 Å². The predicted molar refractivity (Wildman–Crippen MR) is 123 cm³/mol. The second-order valence-electron chi connectivity index (χ2n) is 7.72. The molecule has 2 heterocycles. The largest absolute Gasteiger partial charge is 0.383 e. The molecule has 0 aliphatic carbocycles. The number of hydrogen-bond acceptors (Lipinski definition) is 6. The van der Waals surface area contributed by atoms with E-state index < -0.39 is 0 Å². The zero-order valence-electron chi connectivity index (χ0n) is 17.9. The molecule has 0 saturated carbocycles. The Hall–Kier alpha value is -2.77. The molecule has 1 amide bonds. The number of nitrogens with zero attached hydrogens (tertiary/aromatic N) is 4. The Labute approximate surface area is 187 Å². The average molecular weight is 437 g/mol. The number of carbonyl (C=O) groups excluding carboxylic acids is 1. The first kappa shape index (κ1) is 21.5. The standard InChI is InChI=1S/C24H28N4O2S/c1-30-16-15-27(24-25-22(26-31-24)17-19-7-3-2-4-8-19)14-12-23(29)28-13-11-20-9-5-6-10-21(20)18-28/h2-10H,11-18H2,1H3. The number of aromatic nitrogens is 2. The van der Waals surface area contributed by atoms with Gasteiger partial charge in [-0.05, 0) is 23.1 Å². The van der Waals surface area contributed by atoms with E-state index in [1.165, 1.54) is 28.2 Å². The molecule has 0 unspecified atom stereocenters. The van der Waals surface area contributed by atoms with E-state index in [9.17, 15) is 4.79 Å². The number of hydrogen-bond donors (Lipinski definition) is 0. The summed E-state index contributed by atoms with van der Waals surface area (Å²) in [7, 11) is 1.69. The van der Waals surface area contributed by atoms with Gasteiger partial charge < -0.3 is 14.5 Å². The highest BCUT2D eigenvalue weighted by Crippen LogP contribution is 2.21. The molecule has 162 valence electrons. The van der Waals surface area contributed by atoms with E-state index in [1.54, 1.807) is 7.11 Å². The third-order valence-corrected chi connectivity index (χ3v) is 6.39. The number of fused-ring (bicyclic) bond motifs is 1. The minimum absolute atomic E-state index is 0.186. The fraction of sp³-hybridized carbons (Fsp3) is 0.375. The van der Waals surface area contributed by atoms with Crippen molar-refractivity contribution < 1.29 is 9.53 Å². The van der Waals surface area contributed by atoms with Gasteiger partial charge in [-0.2, -0.15) is 4.37 Å². The molecule has 1 aliphatic rings. The first-order valence-corrected chi connectivity index (χ1v) is 11.4. The SMILES string of the molecule is COCCN(CCC(=O)N1CCc2ccccc2C1)c1nc(Cc2ccccc2)ns1. The zero-order chi connectivity index (χ0) is 21.5. The van der Waals surface area contributed by atoms with Gasteiger partial charge in [0.15, 0.2) is 0 Å². The first-order valence-electron chi connectivity index (χ1n) is 10.7. The minimum atomic E-state index is 0.186. The molecule has 2 aromatic carbocycles. The highest BCUT2D eigenvalue weighted by molar-refractivity contribution is 7.09. The molecule has 31 heavy (non-hydrogen) atoms. The molecule has 0 radical (unpaired) electrons. The Bertz CT molecular complexity index is 992. The van der Waals surface area contributed by atoms with E-state index >= 15 is 0 Å². The van der Waals surface area contributed by atoms with Crippen LogP contribution in [-0.4, -0.2) is 53.5 Å². The lowest BCUT2D eigenvalue weighted by Crippen LogP contribution is -2.38. The summed E-state index contributed by atoms with van der Waals surface area (Å²) in [5.74, 6) is 0.999. The Morgan fingerprint density at radius 2 is 1.87 bits per heavy atom. The molecule has 0 spiro atoms. The summed E-state index contributed by atoms with van der Waals surface area (Å²) >= 11 is 1.39. The minimum Gasteiger partial charge on any atom is -0.383 e. The summed E-state index contributed by atoms with van der Waals surface area (Å²) in [4.78, 5) is 21.7. The zero-order valence-corrected chi connectivity index (χ0v) is 18.7. The lowest BCUT2D eigenvalue weighted by molar-refractivity contribution is -0.131. The quantitative estimate of drug-likeness (QED) is 0.513. The lowest BCUT2D eigenvalue weighted by atomic mass is 10.00. The fourth-order valence-corrected chi connectivity index (χ4v) is 4.56. The van der Waals surface area contributed by atoms with Crippen molar-refractivity contribution in [1.82, 2.24) is 14.3 Å². The molecule has 3 aromatic rings. The van der Waals surface area contributed by atoms with Crippen LogP contribution in [0.1, 0.15) is 28.9 Å². The molecule has 1 aromatic heterocycles. The van der Waals surface area contributed by atoms with Gasteiger partial charge in [-0.15, -0.1) is 0 Å². The van der Waals surface area contributed by atoms with Crippen LogP contribution in [0.3, 0.4) is 0 Å². The van der Waals surface area contributed by atoms with Gasteiger partial charge in [0, 0.05) is 57.7 Å². The second kappa shape index (κ2) is 10.5. The van der Waals surface area contributed by atoms with E-state index in [1.807, 2.05) is 29.2 Å². The normalized spacial score (nSPS) is 13.1. The van der Waals surface area contributed by atoms with Crippen LogP contribution in [0.15, 0.2) is 54.6 Å². The molecule has 0 saturated heterocycles. The van der Waals surface area contributed by atoms with E-state index in [4.69, 9.17) is 9.72 Å². The molecule has 0 fully saturated rings. The molecule has 4 rings (SSSR count). The summed E-state index contributed by atoms with van der Waals surface area (Å²) < 4.78 is 9.81. The molecule has 1 aliphatic heterocycles. The van der Waals surface area contributed by atoms with Crippen LogP contribution in [0.25, 0.3) is 0 Å². The summed E-state index contributed by atoms with van der Waals surface area (Å²) in [6, 6.07) is 18.6. The Balaban J connectivity index is 1.37. The van der Waals surface area contributed by atoms with Crippen molar-refractivity contribution >= 4 is 22.6 Å². The average Bonchev–Trinajstić information content (AvgIpc) is 3.27. The maximum Gasteiger partial charge on any atom is 0.224 e. The maximum absolute atomic E-state index is 12.9.